The van der Waals surface area contributed by atoms with Gasteiger partial charge < -0.3 is 14.8 Å². The van der Waals surface area contributed by atoms with Gasteiger partial charge in [-0.25, -0.2) is 9.78 Å². The van der Waals surface area contributed by atoms with Crippen molar-refractivity contribution >= 4 is 35.1 Å². The number of hydrogen-bond acceptors (Lipinski definition) is 5. The number of carbonyl (C=O) groups is 2. The number of esters is 1. The van der Waals surface area contributed by atoms with Crippen LogP contribution in [-0.4, -0.2) is 30.1 Å². The van der Waals surface area contributed by atoms with Gasteiger partial charge in [-0.1, -0.05) is 41.4 Å². The van der Waals surface area contributed by atoms with E-state index >= 15 is 0 Å². The van der Waals surface area contributed by atoms with E-state index in [4.69, 9.17) is 32.7 Å². The van der Waals surface area contributed by atoms with Crippen LogP contribution in [0.1, 0.15) is 22.8 Å². The quantitative estimate of drug-likeness (QED) is 0.612. The molecule has 1 unspecified atom stereocenters. The van der Waals surface area contributed by atoms with Crippen LogP contribution in [0.3, 0.4) is 0 Å². The van der Waals surface area contributed by atoms with E-state index in [1.165, 1.54) is 19.2 Å². The van der Waals surface area contributed by atoms with E-state index in [0.717, 1.165) is 5.56 Å². The largest absolute Gasteiger partial charge is 0.496 e. The molecule has 2 rings (SSSR count). The summed E-state index contributed by atoms with van der Waals surface area (Å²) in [4.78, 5) is 27.9. The zero-order chi connectivity index (χ0) is 18.4. The topological polar surface area (TPSA) is 77.5 Å². The van der Waals surface area contributed by atoms with Gasteiger partial charge in [0.25, 0.3) is 5.91 Å². The first kappa shape index (κ1) is 19.0. The number of hydrogen-bond donors (Lipinski definition) is 1. The Labute approximate surface area is 155 Å². The molecule has 0 fully saturated rings. The Kier molecular flexibility index (Phi) is 6.61. The van der Waals surface area contributed by atoms with Gasteiger partial charge in [0, 0.05) is 18.3 Å². The van der Waals surface area contributed by atoms with Gasteiger partial charge >= 0.3 is 5.97 Å². The van der Waals surface area contributed by atoms with Crippen LogP contribution in [0.4, 0.5) is 0 Å². The Morgan fingerprint density at radius 1 is 1.28 bits per heavy atom. The lowest BCUT2D eigenvalue weighted by Crippen LogP contribution is -2.35. The van der Waals surface area contributed by atoms with Crippen molar-refractivity contribution < 1.29 is 19.1 Å². The first-order chi connectivity index (χ1) is 11.9. The molecule has 0 spiro atoms. The lowest BCUT2D eigenvalue weighted by molar-refractivity contribution is -0.129. The molecule has 0 saturated carbocycles. The fraction of sp³-hybridized carbons (Fsp3) is 0.235. The summed E-state index contributed by atoms with van der Waals surface area (Å²) in [7, 11) is 1.55. The van der Waals surface area contributed by atoms with Crippen LogP contribution in [0.2, 0.25) is 10.2 Å². The van der Waals surface area contributed by atoms with Crippen molar-refractivity contribution in [2.24, 2.45) is 0 Å². The fourth-order valence-electron chi connectivity index (χ4n) is 1.99. The second-order valence-corrected chi connectivity index (χ2v) is 5.84. The van der Waals surface area contributed by atoms with Crippen molar-refractivity contribution in [1.82, 2.24) is 10.3 Å². The molecule has 0 bridgehead atoms. The van der Waals surface area contributed by atoms with Crippen LogP contribution < -0.4 is 10.1 Å². The van der Waals surface area contributed by atoms with E-state index in [9.17, 15) is 9.59 Å². The van der Waals surface area contributed by atoms with Crippen molar-refractivity contribution in [3.63, 3.8) is 0 Å². The molecule has 1 aromatic heterocycles. The predicted octanol–water partition coefficient (Wildman–Crippen LogP) is 3.26. The number of amides is 1. The number of halogens is 2. The summed E-state index contributed by atoms with van der Waals surface area (Å²) < 4.78 is 10.3. The highest BCUT2D eigenvalue weighted by Crippen LogP contribution is 2.20. The number of ether oxygens (including phenoxy) is 2. The first-order valence-corrected chi connectivity index (χ1v) is 8.09. The van der Waals surface area contributed by atoms with Gasteiger partial charge in [0.1, 0.15) is 10.9 Å². The van der Waals surface area contributed by atoms with Gasteiger partial charge in [0.15, 0.2) is 6.10 Å². The highest BCUT2D eigenvalue weighted by Gasteiger charge is 2.20. The summed E-state index contributed by atoms with van der Waals surface area (Å²) in [6.07, 6.45) is 0.243. The van der Waals surface area contributed by atoms with Gasteiger partial charge in [-0.05, 0) is 19.1 Å². The summed E-state index contributed by atoms with van der Waals surface area (Å²) in [5.74, 6) is -0.493. The predicted molar refractivity (Wildman–Crippen MR) is 94.0 cm³/mol. The standard InChI is InChI=1S/C17H16Cl2N2O4/c1-10(25-17(23)12-7-13(18)15(19)20-9-12)16(22)21-8-11-5-3-4-6-14(11)24-2/h3-7,9-10H,8H2,1-2H3,(H,21,22). The number of aromatic nitrogens is 1. The summed E-state index contributed by atoms with van der Waals surface area (Å²) in [6.45, 7) is 1.72. The molecular weight excluding hydrogens is 367 g/mol. The van der Waals surface area contributed by atoms with E-state index in [1.807, 2.05) is 18.2 Å². The molecule has 25 heavy (non-hydrogen) atoms. The third-order valence-electron chi connectivity index (χ3n) is 3.33. The lowest BCUT2D eigenvalue weighted by Gasteiger charge is -2.14. The summed E-state index contributed by atoms with van der Waals surface area (Å²) in [5.41, 5.74) is 0.921. The molecule has 1 amide bonds. The van der Waals surface area contributed by atoms with E-state index in [-0.39, 0.29) is 22.3 Å². The minimum atomic E-state index is -0.989. The third-order valence-corrected chi connectivity index (χ3v) is 4.02. The Bertz CT molecular complexity index is 783. The molecule has 0 saturated heterocycles. The van der Waals surface area contributed by atoms with Crippen molar-refractivity contribution in [3.05, 3.63) is 57.8 Å². The lowest BCUT2D eigenvalue weighted by atomic mass is 10.2. The molecule has 1 N–H and O–H groups in total. The van der Waals surface area contributed by atoms with E-state index < -0.39 is 18.0 Å². The number of benzene rings is 1. The van der Waals surface area contributed by atoms with E-state index in [0.29, 0.717) is 5.75 Å². The number of para-hydroxylation sites is 1. The van der Waals surface area contributed by atoms with Crippen molar-refractivity contribution in [2.75, 3.05) is 7.11 Å². The van der Waals surface area contributed by atoms with Gasteiger partial charge in [0.05, 0.1) is 17.7 Å². The molecule has 1 heterocycles. The van der Waals surface area contributed by atoms with Gasteiger partial charge in [-0.15, -0.1) is 0 Å². The van der Waals surface area contributed by atoms with Gasteiger partial charge in [-0.3, -0.25) is 4.79 Å². The molecule has 0 aliphatic carbocycles. The minimum Gasteiger partial charge on any atom is -0.496 e. The van der Waals surface area contributed by atoms with E-state index in [1.54, 1.807) is 13.2 Å². The SMILES string of the molecule is COc1ccccc1CNC(=O)C(C)OC(=O)c1cnc(Cl)c(Cl)c1. The second kappa shape index (κ2) is 8.69. The number of nitrogens with zero attached hydrogens (tertiary/aromatic N) is 1. The molecule has 0 aliphatic rings. The van der Waals surface area contributed by atoms with Gasteiger partial charge in [-0.2, -0.15) is 0 Å². The summed E-state index contributed by atoms with van der Waals surface area (Å²) >= 11 is 11.5. The Morgan fingerprint density at radius 3 is 2.68 bits per heavy atom. The number of carbonyl (C=O) groups excluding carboxylic acids is 2. The molecule has 0 radical (unpaired) electrons. The number of pyridine rings is 1. The van der Waals surface area contributed by atoms with Crippen molar-refractivity contribution in [3.8, 4) is 5.75 Å². The fourth-order valence-corrected chi connectivity index (χ4v) is 2.26. The summed E-state index contributed by atoms with van der Waals surface area (Å²) in [5, 5.41) is 2.90. The van der Waals surface area contributed by atoms with Crippen LogP contribution in [0.25, 0.3) is 0 Å². The summed E-state index contributed by atoms with van der Waals surface area (Å²) in [6, 6.07) is 8.63. The molecule has 1 aromatic carbocycles. The van der Waals surface area contributed by atoms with Crippen LogP contribution >= 0.6 is 23.2 Å². The first-order valence-electron chi connectivity index (χ1n) is 7.34. The highest BCUT2D eigenvalue weighted by molar-refractivity contribution is 6.41. The monoisotopic (exact) mass is 382 g/mol. The molecule has 1 atom stereocenters. The second-order valence-electron chi connectivity index (χ2n) is 5.07. The molecule has 8 heteroatoms. The van der Waals surface area contributed by atoms with E-state index in [2.05, 4.69) is 10.3 Å². The molecule has 2 aromatic rings. The van der Waals surface area contributed by atoms with Crippen molar-refractivity contribution in [2.45, 2.75) is 19.6 Å². The molecular formula is C17H16Cl2N2O4. The maximum absolute atomic E-state index is 12.1. The molecule has 132 valence electrons. The maximum Gasteiger partial charge on any atom is 0.340 e. The Hall–Kier alpha value is -2.31. The van der Waals surface area contributed by atoms with Crippen molar-refractivity contribution in [1.29, 1.82) is 0 Å². The number of methoxy groups -OCH3 is 1. The average Bonchev–Trinajstić information content (AvgIpc) is 2.61. The molecule has 6 nitrogen and oxygen atoms in total. The van der Waals surface area contributed by atoms with Crippen LogP contribution in [0.15, 0.2) is 36.5 Å². The van der Waals surface area contributed by atoms with Gasteiger partial charge in [0.2, 0.25) is 0 Å². The van der Waals surface area contributed by atoms with Crippen LogP contribution in [0, 0.1) is 0 Å². The number of nitrogens with one attached hydrogen (secondary N) is 1. The van der Waals surface area contributed by atoms with Crippen LogP contribution in [0.5, 0.6) is 5.75 Å². The average molecular weight is 383 g/mol. The Balaban J connectivity index is 1.93. The highest BCUT2D eigenvalue weighted by atomic mass is 35.5. The normalized spacial score (nSPS) is 11.5. The zero-order valence-corrected chi connectivity index (χ0v) is 15.1. The zero-order valence-electron chi connectivity index (χ0n) is 13.6. The molecule has 0 aliphatic heterocycles. The number of rotatable bonds is 6. The van der Waals surface area contributed by atoms with Crippen LogP contribution in [-0.2, 0) is 16.1 Å². The minimum absolute atomic E-state index is 0.0841. The Morgan fingerprint density at radius 2 is 2.00 bits per heavy atom. The smallest absolute Gasteiger partial charge is 0.340 e. The maximum atomic E-state index is 12.1. The third kappa shape index (κ3) is 5.08.